The first-order valence-electron chi connectivity index (χ1n) is 9.32. The molecule has 2 atom stereocenters. The summed E-state index contributed by atoms with van der Waals surface area (Å²) in [6, 6.07) is 7.37. The van der Waals surface area contributed by atoms with Gasteiger partial charge < -0.3 is 19.9 Å². The third-order valence-corrected chi connectivity index (χ3v) is 5.09. The quantitative estimate of drug-likeness (QED) is 0.781. The highest BCUT2D eigenvalue weighted by Gasteiger charge is 2.39. The number of likely N-dealkylation sites (tertiary alicyclic amines) is 1. The fraction of sp³-hybridized carbons (Fsp3) is 0.450. The Morgan fingerprint density at radius 2 is 2.15 bits per heavy atom. The molecular weight excluding hydrogens is 344 g/mol. The van der Waals surface area contributed by atoms with Crippen molar-refractivity contribution in [2.75, 3.05) is 20.2 Å². The van der Waals surface area contributed by atoms with Crippen LogP contribution < -0.4 is 10.1 Å². The molecule has 2 amide bonds. The van der Waals surface area contributed by atoms with Gasteiger partial charge in [-0.25, -0.2) is 4.98 Å². The van der Waals surface area contributed by atoms with Gasteiger partial charge in [-0.1, -0.05) is 12.1 Å². The van der Waals surface area contributed by atoms with Crippen molar-refractivity contribution in [1.29, 1.82) is 0 Å². The summed E-state index contributed by atoms with van der Waals surface area (Å²) in [6.45, 7) is 3.06. The van der Waals surface area contributed by atoms with Gasteiger partial charge in [0.05, 0.1) is 25.4 Å². The molecular formula is C20H26N4O3. The largest absolute Gasteiger partial charge is 0.497 e. The van der Waals surface area contributed by atoms with Gasteiger partial charge in [-0.3, -0.25) is 9.59 Å². The minimum absolute atomic E-state index is 0.0127. The molecule has 0 bridgehead atoms. The van der Waals surface area contributed by atoms with E-state index < -0.39 is 0 Å². The molecule has 2 heterocycles. The van der Waals surface area contributed by atoms with Crippen LogP contribution in [0, 0.1) is 5.92 Å². The Bertz CT molecular complexity index is 758. The monoisotopic (exact) mass is 370 g/mol. The minimum atomic E-state index is -0.266. The van der Waals surface area contributed by atoms with Gasteiger partial charge >= 0.3 is 0 Å². The van der Waals surface area contributed by atoms with Gasteiger partial charge in [-0.15, -0.1) is 0 Å². The number of hydrogen-bond acceptors (Lipinski definition) is 4. The number of aromatic nitrogens is 2. The number of carbonyl (C=O) groups is 2. The second-order valence-electron chi connectivity index (χ2n) is 6.66. The fourth-order valence-electron chi connectivity index (χ4n) is 3.69. The van der Waals surface area contributed by atoms with Crippen LogP contribution in [0.1, 0.15) is 37.1 Å². The molecule has 0 saturated carbocycles. The highest BCUT2D eigenvalue weighted by molar-refractivity contribution is 5.85. The second-order valence-corrected chi connectivity index (χ2v) is 6.66. The number of rotatable bonds is 7. The molecule has 1 aliphatic rings. The van der Waals surface area contributed by atoms with Crippen LogP contribution in [0.15, 0.2) is 36.8 Å². The number of amides is 2. The molecule has 0 spiro atoms. The Labute approximate surface area is 159 Å². The summed E-state index contributed by atoms with van der Waals surface area (Å²) < 4.78 is 5.23. The summed E-state index contributed by atoms with van der Waals surface area (Å²) in [5, 5.41) is 3.02. The summed E-state index contributed by atoms with van der Waals surface area (Å²) >= 11 is 0. The normalized spacial score (nSPS) is 19.8. The standard InChI is InChI=1S/C20H26N4O3/c1-3-24-18(25)9-8-17(19(24)14-4-6-16(27-2)7-5-14)20(26)22-11-10-15-12-21-13-23-15/h4-7,12-13,17,19H,3,8-11H2,1-2H3,(H,21,23)(H,22,26)/t17-,19+/m1/s1. The molecule has 1 aromatic carbocycles. The first-order valence-corrected chi connectivity index (χ1v) is 9.32. The van der Waals surface area contributed by atoms with Crippen molar-refractivity contribution in [2.24, 2.45) is 5.92 Å². The Balaban J connectivity index is 1.75. The van der Waals surface area contributed by atoms with E-state index in [-0.39, 0.29) is 23.8 Å². The molecule has 0 radical (unpaired) electrons. The molecule has 1 aromatic heterocycles. The van der Waals surface area contributed by atoms with Gasteiger partial charge in [0.25, 0.3) is 0 Å². The Morgan fingerprint density at radius 3 is 2.78 bits per heavy atom. The van der Waals surface area contributed by atoms with Crippen molar-refractivity contribution in [3.63, 3.8) is 0 Å². The lowest BCUT2D eigenvalue weighted by Crippen LogP contribution is -2.48. The van der Waals surface area contributed by atoms with Crippen LogP contribution in [-0.2, 0) is 16.0 Å². The van der Waals surface area contributed by atoms with Crippen molar-refractivity contribution >= 4 is 11.8 Å². The Kier molecular flexibility index (Phi) is 6.11. The first-order chi connectivity index (χ1) is 13.1. The number of nitrogens with zero attached hydrogens (tertiary/aromatic N) is 2. The van der Waals surface area contributed by atoms with E-state index in [0.29, 0.717) is 32.4 Å². The van der Waals surface area contributed by atoms with Gasteiger partial charge in [0.1, 0.15) is 5.75 Å². The SMILES string of the molecule is CCN1C(=O)CC[C@@H](C(=O)NCCc2cnc[nH]2)[C@@H]1c1ccc(OC)cc1. The van der Waals surface area contributed by atoms with Gasteiger partial charge in [-0.2, -0.15) is 0 Å². The zero-order chi connectivity index (χ0) is 19.2. The number of benzene rings is 1. The minimum Gasteiger partial charge on any atom is -0.497 e. The number of H-pyrrole nitrogens is 1. The van der Waals surface area contributed by atoms with Gasteiger partial charge in [0, 0.05) is 37.8 Å². The average molecular weight is 370 g/mol. The lowest BCUT2D eigenvalue weighted by atomic mass is 9.83. The Morgan fingerprint density at radius 1 is 1.37 bits per heavy atom. The number of piperidine rings is 1. The smallest absolute Gasteiger partial charge is 0.225 e. The lowest BCUT2D eigenvalue weighted by Gasteiger charge is -2.40. The fourth-order valence-corrected chi connectivity index (χ4v) is 3.69. The van der Waals surface area contributed by atoms with Crippen molar-refractivity contribution in [1.82, 2.24) is 20.2 Å². The zero-order valence-electron chi connectivity index (χ0n) is 15.8. The van der Waals surface area contributed by atoms with E-state index in [0.717, 1.165) is 17.0 Å². The number of nitrogens with one attached hydrogen (secondary N) is 2. The highest BCUT2D eigenvalue weighted by atomic mass is 16.5. The van der Waals surface area contributed by atoms with E-state index >= 15 is 0 Å². The summed E-state index contributed by atoms with van der Waals surface area (Å²) in [5.74, 6) is 0.573. The van der Waals surface area contributed by atoms with Crippen molar-refractivity contribution in [3.05, 3.63) is 48.0 Å². The number of methoxy groups -OCH3 is 1. The number of hydrogen-bond donors (Lipinski definition) is 2. The maximum Gasteiger partial charge on any atom is 0.225 e. The molecule has 1 aliphatic heterocycles. The van der Waals surface area contributed by atoms with Crippen LogP contribution in [0.2, 0.25) is 0 Å². The molecule has 2 aromatic rings. The van der Waals surface area contributed by atoms with Crippen LogP contribution in [0.4, 0.5) is 0 Å². The van der Waals surface area contributed by atoms with Crippen LogP contribution in [0.25, 0.3) is 0 Å². The average Bonchev–Trinajstić information content (AvgIpc) is 3.21. The van der Waals surface area contributed by atoms with E-state index in [1.165, 1.54) is 0 Å². The summed E-state index contributed by atoms with van der Waals surface area (Å²) in [6.07, 6.45) is 5.04. The van der Waals surface area contributed by atoms with Crippen LogP contribution >= 0.6 is 0 Å². The second kappa shape index (κ2) is 8.70. The van der Waals surface area contributed by atoms with E-state index in [1.54, 1.807) is 19.6 Å². The van der Waals surface area contributed by atoms with Crippen molar-refractivity contribution in [3.8, 4) is 5.75 Å². The maximum absolute atomic E-state index is 12.9. The summed E-state index contributed by atoms with van der Waals surface area (Å²) in [4.78, 5) is 34.2. The third kappa shape index (κ3) is 4.30. The zero-order valence-corrected chi connectivity index (χ0v) is 15.8. The van der Waals surface area contributed by atoms with Gasteiger partial charge in [0.15, 0.2) is 0 Å². The van der Waals surface area contributed by atoms with Crippen LogP contribution in [0.5, 0.6) is 5.75 Å². The highest BCUT2D eigenvalue weighted by Crippen LogP contribution is 2.37. The predicted molar refractivity (Wildman–Crippen MR) is 101 cm³/mol. The van der Waals surface area contributed by atoms with E-state index in [9.17, 15) is 9.59 Å². The maximum atomic E-state index is 12.9. The Hall–Kier alpha value is -2.83. The molecule has 0 aliphatic carbocycles. The molecule has 144 valence electrons. The van der Waals surface area contributed by atoms with E-state index in [1.807, 2.05) is 36.1 Å². The number of ether oxygens (including phenoxy) is 1. The summed E-state index contributed by atoms with van der Waals surface area (Å²) in [7, 11) is 1.62. The lowest BCUT2D eigenvalue weighted by molar-refractivity contribution is -0.143. The van der Waals surface area contributed by atoms with Gasteiger partial charge in [-0.05, 0) is 31.0 Å². The molecule has 1 fully saturated rings. The van der Waals surface area contributed by atoms with E-state index in [2.05, 4.69) is 15.3 Å². The molecule has 27 heavy (non-hydrogen) atoms. The first kappa shape index (κ1) is 18.9. The summed E-state index contributed by atoms with van der Waals surface area (Å²) in [5.41, 5.74) is 1.94. The van der Waals surface area contributed by atoms with Gasteiger partial charge in [0.2, 0.25) is 11.8 Å². The topological polar surface area (TPSA) is 87.3 Å². The van der Waals surface area contributed by atoms with Crippen LogP contribution in [-0.4, -0.2) is 46.9 Å². The molecule has 0 unspecified atom stereocenters. The molecule has 7 heteroatoms. The van der Waals surface area contributed by atoms with E-state index in [4.69, 9.17) is 4.74 Å². The predicted octanol–water partition coefficient (Wildman–Crippen LogP) is 2.08. The number of carbonyl (C=O) groups excluding carboxylic acids is 2. The van der Waals surface area contributed by atoms with Crippen LogP contribution in [0.3, 0.4) is 0 Å². The third-order valence-electron chi connectivity index (χ3n) is 5.09. The number of aromatic amines is 1. The van der Waals surface area contributed by atoms with Crippen molar-refractivity contribution in [2.45, 2.75) is 32.2 Å². The molecule has 7 nitrogen and oxygen atoms in total. The molecule has 2 N–H and O–H groups in total. The molecule has 3 rings (SSSR count). The molecule has 1 saturated heterocycles. The number of imidazole rings is 1. The van der Waals surface area contributed by atoms with Crippen molar-refractivity contribution < 1.29 is 14.3 Å².